The second kappa shape index (κ2) is 7.81. The van der Waals surface area contributed by atoms with Gasteiger partial charge in [-0.05, 0) is 37.0 Å². The zero-order valence-corrected chi connectivity index (χ0v) is 14.8. The Bertz CT molecular complexity index is 724. The number of aromatic hydroxyl groups is 1. The van der Waals surface area contributed by atoms with Crippen molar-refractivity contribution >= 4 is 21.6 Å². The minimum Gasteiger partial charge on any atom is -0.506 e. The first-order valence-electron chi connectivity index (χ1n) is 8.18. The van der Waals surface area contributed by atoms with E-state index in [4.69, 9.17) is 0 Å². The van der Waals surface area contributed by atoms with Gasteiger partial charge in [0.05, 0.1) is 10.6 Å². The SMILES string of the molecule is CCN(CC)S(=O)(=O)c1ccc(O)c(NC(=O)C[C@@H]2C=CCC2)c1. The standard InChI is InChI=1S/C17H24N2O4S/c1-3-19(4-2)24(22,23)14-9-10-16(20)15(12-14)18-17(21)11-13-7-5-6-8-13/h5,7,9-10,12-13,20H,3-4,6,8,11H2,1-2H3,(H,18,21)/t13-/m1/s1. The second-order valence-corrected chi connectivity index (χ2v) is 7.72. The van der Waals surface area contributed by atoms with Gasteiger partial charge in [0.1, 0.15) is 5.75 Å². The number of nitrogens with one attached hydrogen (secondary N) is 1. The molecule has 132 valence electrons. The zero-order chi connectivity index (χ0) is 17.7. The van der Waals surface area contributed by atoms with Crippen molar-refractivity contribution in [1.82, 2.24) is 4.31 Å². The molecule has 0 saturated heterocycles. The van der Waals surface area contributed by atoms with E-state index in [2.05, 4.69) is 5.32 Å². The molecule has 24 heavy (non-hydrogen) atoms. The molecule has 0 aliphatic heterocycles. The van der Waals surface area contributed by atoms with Crippen LogP contribution in [0.15, 0.2) is 35.2 Å². The fraction of sp³-hybridized carbons (Fsp3) is 0.471. The summed E-state index contributed by atoms with van der Waals surface area (Å²) in [7, 11) is -3.64. The topological polar surface area (TPSA) is 86.7 Å². The van der Waals surface area contributed by atoms with E-state index in [-0.39, 0.29) is 28.2 Å². The molecular weight excluding hydrogens is 328 g/mol. The van der Waals surface area contributed by atoms with Crippen LogP contribution in [0.4, 0.5) is 5.69 Å². The van der Waals surface area contributed by atoms with Crippen LogP contribution in [0.2, 0.25) is 0 Å². The average Bonchev–Trinajstić information content (AvgIpc) is 3.03. The van der Waals surface area contributed by atoms with Crippen molar-refractivity contribution in [3.8, 4) is 5.75 Å². The van der Waals surface area contributed by atoms with Crippen LogP contribution in [0, 0.1) is 5.92 Å². The number of hydrogen-bond acceptors (Lipinski definition) is 4. The van der Waals surface area contributed by atoms with Crippen molar-refractivity contribution in [2.75, 3.05) is 18.4 Å². The lowest BCUT2D eigenvalue weighted by molar-refractivity contribution is -0.116. The summed E-state index contributed by atoms with van der Waals surface area (Å²) in [6.07, 6.45) is 6.30. The minimum absolute atomic E-state index is 0.0556. The van der Waals surface area contributed by atoms with Gasteiger partial charge < -0.3 is 10.4 Å². The lowest BCUT2D eigenvalue weighted by atomic mass is 10.1. The Kier molecular flexibility index (Phi) is 6.01. The maximum Gasteiger partial charge on any atom is 0.243 e. The summed E-state index contributed by atoms with van der Waals surface area (Å²) in [6, 6.07) is 3.95. The van der Waals surface area contributed by atoms with Crippen molar-refractivity contribution in [2.24, 2.45) is 5.92 Å². The highest BCUT2D eigenvalue weighted by molar-refractivity contribution is 7.89. The first-order chi connectivity index (χ1) is 11.4. The summed E-state index contributed by atoms with van der Waals surface area (Å²) < 4.78 is 26.4. The highest BCUT2D eigenvalue weighted by Crippen LogP contribution is 2.29. The molecule has 1 aliphatic carbocycles. The third-order valence-corrected chi connectivity index (χ3v) is 6.19. The molecule has 1 atom stereocenters. The Hall–Kier alpha value is -1.86. The lowest BCUT2D eigenvalue weighted by Crippen LogP contribution is -2.30. The number of allylic oxidation sites excluding steroid dienone is 2. The smallest absolute Gasteiger partial charge is 0.243 e. The fourth-order valence-corrected chi connectivity index (χ4v) is 4.28. The quantitative estimate of drug-likeness (QED) is 0.583. The number of sulfonamides is 1. The Labute approximate surface area is 143 Å². The van der Waals surface area contributed by atoms with Crippen LogP contribution in [-0.2, 0) is 14.8 Å². The van der Waals surface area contributed by atoms with Gasteiger partial charge in [-0.25, -0.2) is 8.42 Å². The molecule has 0 saturated carbocycles. The summed E-state index contributed by atoms with van der Waals surface area (Å²) in [5.41, 5.74) is 0.121. The number of hydrogen-bond donors (Lipinski definition) is 2. The summed E-state index contributed by atoms with van der Waals surface area (Å²) in [5, 5.41) is 12.5. The van der Waals surface area contributed by atoms with Crippen LogP contribution in [0.5, 0.6) is 5.75 Å². The number of phenolic OH excluding ortho intramolecular Hbond substituents is 1. The molecule has 2 N–H and O–H groups in total. The Morgan fingerprint density at radius 3 is 2.62 bits per heavy atom. The van der Waals surface area contributed by atoms with E-state index in [1.54, 1.807) is 13.8 Å². The van der Waals surface area contributed by atoms with Gasteiger partial charge in [0.2, 0.25) is 15.9 Å². The van der Waals surface area contributed by atoms with E-state index >= 15 is 0 Å². The number of anilines is 1. The van der Waals surface area contributed by atoms with Crippen molar-refractivity contribution in [2.45, 2.75) is 38.0 Å². The summed E-state index contributed by atoms with van der Waals surface area (Å²) in [6.45, 7) is 4.24. The fourth-order valence-electron chi connectivity index (χ4n) is 2.79. The molecule has 0 spiro atoms. The van der Waals surface area contributed by atoms with Crippen LogP contribution in [0.1, 0.15) is 33.1 Å². The summed E-state index contributed by atoms with van der Waals surface area (Å²) in [5.74, 6) is -0.183. The first kappa shape index (κ1) is 18.5. The van der Waals surface area contributed by atoms with Gasteiger partial charge in [0.15, 0.2) is 0 Å². The summed E-state index contributed by atoms with van der Waals surface area (Å²) in [4.78, 5) is 12.2. The van der Waals surface area contributed by atoms with Crippen LogP contribution in [0.3, 0.4) is 0 Å². The third kappa shape index (κ3) is 4.15. The van der Waals surface area contributed by atoms with E-state index in [0.717, 1.165) is 12.8 Å². The van der Waals surface area contributed by atoms with Gasteiger partial charge in [-0.3, -0.25) is 4.79 Å². The number of benzene rings is 1. The molecule has 1 aromatic rings. The molecule has 1 aliphatic rings. The number of carbonyl (C=O) groups excluding carboxylic acids is 1. The number of carbonyl (C=O) groups is 1. The molecule has 2 rings (SSSR count). The van der Waals surface area contributed by atoms with Crippen molar-refractivity contribution < 1.29 is 18.3 Å². The molecule has 0 aromatic heterocycles. The minimum atomic E-state index is -3.64. The molecule has 7 heteroatoms. The van der Waals surface area contributed by atoms with Gasteiger partial charge in [0.25, 0.3) is 0 Å². The van der Waals surface area contributed by atoms with Crippen LogP contribution < -0.4 is 5.32 Å². The van der Waals surface area contributed by atoms with E-state index in [9.17, 15) is 18.3 Å². The highest BCUT2D eigenvalue weighted by Gasteiger charge is 2.23. The molecule has 0 fully saturated rings. The molecule has 1 aromatic carbocycles. The molecule has 0 bridgehead atoms. The van der Waals surface area contributed by atoms with Crippen LogP contribution >= 0.6 is 0 Å². The molecule has 0 unspecified atom stereocenters. The van der Waals surface area contributed by atoms with Gasteiger partial charge in [-0.1, -0.05) is 26.0 Å². The molecule has 0 radical (unpaired) electrons. The van der Waals surface area contributed by atoms with E-state index < -0.39 is 10.0 Å². The Morgan fingerprint density at radius 2 is 2.04 bits per heavy atom. The zero-order valence-electron chi connectivity index (χ0n) is 14.0. The van der Waals surface area contributed by atoms with E-state index in [1.807, 2.05) is 12.2 Å². The van der Waals surface area contributed by atoms with Crippen LogP contribution in [0.25, 0.3) is 0 Å². The largest absolute Gasteiger partial charge is 0.506 e. The van der Waals surface area contributed by atoms with Crippen LogP contribution in [-0.4, -0.2) is 36.8 Å². The predicted molar refractivity (Wildman–Crippen MR) is 93.3 cm³/mol. The third-order valence-electron chi connectivity index (χ3n) is 4.15. The first-order valence-corrected chi connectivity index (χ1v) is 9.62. The Morgan fingerprint density at radius 1 is 1.33 bits per heavy atom. The molecular formula is C17H24N2O4S. The van der Waals surface area contributed by atoms with Gasteiger partial charge in [0, 0.05) is 19.5 Å². The molecule has 6 nitrogen and oxygen atoms in total. The second-order valence-electron chi connectivity index (χ2n) is 5.79. The van der Waals surface area contributed by atoms with E-state index in [1.165, 1.54) is 22.5 Å². The summed E-state index contributed by atoms with van der Waals surface area (Å²) >= 11 is 0. The molecule has 1 amide bonds. The normalized spacial score (nSPS) is 17.4. The number of phenols is 1. The average molecular weight is 352 g/mol. The van der Waals surface area contributed by atoms with Gasteiger partial charge in [-0.2, -0.15) is 4.31 Å². The van der Waals surface area contributed by atoms with Crippen molar-refractivity contribution in [3.05, 3.63) is 30.4 Å². The van der Waals surface area contributed by atoms with Gasteiger partial charge >= 0.3 is 0 Å². The lowest BCUT2D eigenvalue weighted by Gasteiger charge is -2.19. The highest BCUT2D eigenvalue weighted by atomic mass is 32.2. The number of amides is 1. The van der Waals surface area contributed by atoms with Crippen molar-refractivity contribution in [1.29, 1.82) is 0 Å². The number of rotatable bonds is 7. The predicted octanol–water partition coefficient (Wildman–Crippen LogP) is 2.72. The van der Waals surface area contributed by atoms with Gasteiger partial charge in [-0.15, -0.1) is 0 Å². The maximum atomic E-state index is 12.5. The molecule has 0 heterocycles. The number of nitrogens with zero attached hydrogens (tertiary/aromatic N) is 1. The van der Waals surface area contributed by atoms with Crippen molar-refractivity contribution in [3.63, 3.8) is 0 Å². The monoisotopic (exact) mass is 352 g/mol. The van der Waals surface area contributed by atoms with E-state index in [0.29, 0.717) is 19.5 Å². The maximum absolute atomic E-state index is 12.5. The Balaban J connectivity index is 2.19.